The van der Waals surface area contributed by atoms with Crippen molar-refractivity contribution in [3.05, 3.63) is 0 Å². The van der Waals surface area contributed by atoms with Gasteiger partial charge in [-0.15, -0.1) is 0 Å². The maximum Gasteiger partial charge on any atom is 0.303 e. The van der Waals surface area contributed by atoms with Gasteiger partial charge in [0.25, 0.3) is 0 Å². The largest absolute Gasteiger partial charge is 0.481 e. The molecule has 0 aromatic heterocycles. The molecule has 0 unspecified atom stereocenters. The molecule has 1 aliphatic carbocycles. The van der Waals surface area contributed by atoms with E-state index < -0.39 is 5.97 Å². The number of carboxylic acids is 1. The lowest BCUT2D eigenvalue weighted by atomic mass is 9.83. The maximum atomic E-state index is 10.3. The summed E-state index contributed by atoms with van der Waals surface area (Å²) in [5.41, 5.74) is 0.571. The molecule has 0 heterocycles. The third-order valence-electron chi connectivity index (χ3n) is 4.16. The number of hydrogen-bond donors (Lipinski definition) is 2. The first-order chi connectivity index (χ1) is 8.18. The number of unbranched alkanes of at least 4 members (excludes halogenated alkanes) is 2. The molecule has 0 saturated heterocycles. The summed E-state index contributed by atoms with van der Waals surface area (Å²) in [5, 5.41) is 12.1. The van der Waals surface area contributed by atoms with Crippen molar-refractivity contribution in [2.45, 2.75) is 64.7 Å². The van der Waals surface area contributed by atoms with Crippen molar-refractivity contribution in [1.29, 1.82) is 0 Å². The Morgan fingerprint density at radius 2 is 1.94 bits per heavy atom. The average molecular weight is 241 g/mol. The summed E-state index contributed by atoms with van der Waals surface area (Å²) in [6.07, 6.45) is 10.1. The molecule has 0 aliphatic heterocycles. The van der Waals surface area contributed by atoms with Crippen molar-refractivity contribution in [3.8, 4) is 0 Å². The van der Waals surface area contributed by atoms with Crippen LogP contribution in [0.1, 0.15) is 64.7 Å². The zero-order valence-electron chi connectivity index (χ0n) is 11.1. The molecule has 0 amide bonds. The van der Waals surface area contributed by atoms with Gasteiger partial charge in [-0.3, -0.25) is 4.79 Å². The minimum Gasteiger partial charge on any atom is -0.481 e. The van der Waals surface area contributed by atoms with Crippen LogP contribution < -0.4 is 5.32 Å². The average Bonchev–Trinajstić information content (AvgIpc) is 2.77. The van der Waals surface area contributed by atoms with Gasteiger partial charge < -0.3 is 10.4 Å². The molecule has 1 fully saturated rings. The van der Waals surface area contributed by atoms with Crippen LogP contribution in [0.15, 0.2) is 0 Å². The van der Waals surface area contributed by atoms with E-state index in [4.69, 9.17) is 5.11 Å². The molecule has 3 heteroatoms. The zero-order valence-corrected chi connectivity index (χ0v) is 11.1. The van der Waals surface area contributed by atoms with Crippen LogP contribution in [0.25, 0.3) is 0 Å². The van der Waals surface area contributed by atoms with E-state index in [9.17, 15) is 4.79 Å². The molecular weight excluding hydrogens is 214 g/mol. The first kappa shape index (κ1) is 14.5. The number of nitrogens with one attached hydrogen (secondary N) is 1. The highest BCUT2D eigenvalue weighted by atomic mass is 16.4. The van der Waals surface area contributed by atoms with E-state index in [0.29, 0.717) is 11.8 Å². The molecule has 0 bridgehead atoms. The number of carboxylic acid groups (broad SMARTS) is 1. The van der Waals surface area contributed by atoms with Crippen molar-refractivity contribution in [2.75, 3.05) is 13.1 Å². The second-order valence-corrected chi connectivity index (χ2v) is 5.44. The summed E-state index contributed by atoms with van der Waals surface area (Å²) in [4.78, 5) is 10.3. The Bertz CT molecular complexity index is 222. The summed E-state index contributed by atoms with van der Waals surface area (Å²) < 4.78 is 0. The van der Waals surface area contributed by atoms with Crippen molar-refractivity contribution >= 4 is 5.97 Å². The molecule has 3 nitrogen and oxygen atoms in total. The van der Waals surface area contributed by atoms with Gasteiger partial charge in [0.1, 0.15) is 0 Å². The molecule has 100 valence electrons. The second-order valence-electron chi connectivity index (χ2n) is 5.44. The van der Waals surface area contributed by atoms with Crippen LogP contribution in [0.2, 0.25) is 0 Å². The van der Waals surface area contributed by atoms with Crippen LogP contribution in [-0.4, -0.2) is 24.2 Å². The molecule has 0 aromatic rings. The highest BCUT2D eigenvalue weighted by Crippen LogP contribution is 2.40. The van der Waals surface area contributed by atoms with E-state index in [-0.39, 0.29) is 0 Å². The van der Waals surface area contributed by atoms with Crippen LogP contribution in [0.3, 0.4) is 0 Å². The van der Waals surface area contributed by atoms with Gasteiger partial charge in [0.2, 0.25) is 0 Å². The molecule has 0 spiro atoms. The number of rotatable bonds is 9. The summed E-state index contributed by atoms with van der Waals surface area (Å²) >= 11 is 0. The van der Waals surface area contributed by atoms with Gasteiger partial charge >= 0.3 is 5.97 Å². The highest BCUT2D eigenvalue weighted by Gasteiger charge is 2.31. The molecule has 0 atom stereocenters. The lowest BCUT2D eigenvalue weighted by molar-refractivity contribution is -0.137. The van der Waals surface area contributed by atoms with Crippen molar-refractivity contribution in [2.24, 2.45) is 5.41 Å². The van der Waals surface area contributed by atoms with E-state index >= 15 is 0 Å². The first-order valence-electron chi connectivity index (χ1n) is 7.11. The van der Waals surface area contributed by atoms with Gasteiger partial charge in [0.05, 0.1) is 0 Å². The van der Waals surface area contributed by atoms with E-state index in [1.807, 2.05) is 0 Å². The fraction of sp³-hybridized carbons (Fsp3) is 0.929. The van der Waals surface area contributed by atoms with Gasteiger partial charge in [0.15, 0.2) is 0 Å². The summed E-state index contributed by atoms with van der Waals surface area (Å²) in [6, 6.07) is 0. The molecule has 1 aliphatic rings. The second kappa shape index (κ2) is 7.70. The van der Waals surface area contributed by atoms with Crippen molar-refractivity contribution < 1.29 is 9.90 Å². The Balaban J connectivity index is 1.98. The molecule has 0 aromatic carbocycles. The van der Waals surface area contributed by atoms with Crippen LogP contribution in [0.4, 0.5) is 0 Å². The number of aliphatic carboxylic acids is 1. The number of hydrogen-bond acceptors (Lipinski definition) is 2. The first-order valence-corrected chi connectivity index (χ1v) is 7.11. The minimum atomic E-state index is -0.672. The van der Waals surface area contributed by atoms with Crippen LogP contribution in [0, 0.1) is 5.41 Å². The zero-order chi connectivity index (χ0) is 12.6. The minimum absolute atomic E-state index is 0.318. The third-order valence-corrected chi connectivity index (χ3v) is 4.16. The van der Waals surface area contributed by atoms with Crippen molar-refractivity contribution in [3.63, 3.8) is 0 Å². The van der Waals surface area contributed by atoms with Gasteiger partial charge in [-0.1, -0.05) is 26.2 Å². The van der Waals surface area contributed by atoms with Gasteiger partial charge in [-0.05, 0) is 44.1 Å². The van der Waals surface area contributed by atoms with Gasteiger partial charge in [0, 0.05) is 13.0 Å². The maximum absolute atomic E-state index is 10.3. The van der Waals surface area contributed by atoms with Crippen LogP contribution in [-0.2, 0) is 4.79 Å². The third kappa shape index (κ3) is 5.53. The lowest BCUT2D eigenvalue weighted by Crippen LogP contribution is -2.32. The molecular formula is C14H27NO2. The molecule has 0 radical (unpaired) electrons. The van der Waals surface area contributed by atoms with E-state index in [0.717, 1.165) is 32.4 Å². The Labute approximate surface area is 105 Å². The van der Waals surface area contributed by atoms with Crippen LogP contribution >= 0.6 is 0 Å². The van der Waals surface area contributed by atoms with Crippen molar-refractivity contribution in [1.82, 2.24) is 5.32 Å². The van der Waals surface area contributed by atoms with E-state index in [1.54, 1.807) is 0 Å². The monoisotopic (exact) mass is 241 g/mol. The predicted molar refractivity (Wildman–Crippen MR) is 70.2 cm³/mol. The fourth-order valence-electron chi connectivity index (χ4n) is 2.84. The lowest BCUT2D eigenvalue weighted by Gasteiger charge is -2.27. The Kier molecular flexibility index (Phi) is 6.56. The number of carbonyl (C=O) groups is 1. The normalized spacial score (nSPS) is 18.4. The summed E-state index contributed by atoms with van der Waals surface area (Å²) in [6.45, 7) is 4.50. The molecule has 1 saturated carbocycles. The molecule has 17 heavy (non-hydrogen) atoms. The smallest absolute Gasteiger partial charge is 0.303 e. The quantitative estimate of drug-likeness (QED) is 0.609. The topological polar surface area (TPSA) is 49.3 Å². The van der Waals surface area contributed by atoms with Crippen LogP contribution in [0.5, 0.6) is 0 Å². The summed E-state index contributed by atoms with van der Waals surface area (Å²) in [5.74, 6) is -0.672. The summed E-state index contributed by atoms with van der Waals surface area (Å²) in [7, 11) is 0. The molecule has 1 rings (SSSR count). The fourth-order valence-corrected chi connectivity index (χ4v) is 2.84. The van der Waals surface area contributed by atoms with E-state index in [1.165, 1.54) is 32.1 Å². The Hall–Kier alpha value is -0.570. The Morgan fingerprint density at radius 3 is 2.53 bits per heavy atom. The SMILES string of the molecule is CCC1(CNCCCCCC(=O)O)CCCC1. The predicted octanol–water partition coefficient (Wildman–Crippen LogP) is 3.19. The molecule has 2 N–H and O–H groups in total. The highest BCUT2D eigenvalue weighted by molar-refractivity contribution is 5.66. The van der Waals surface area contributed by atoms with Gasteiger partial charge in [-0.2, -0.15) is 0 Å². The van der Waals surface area contributed by atoms with E-state index in [2.05, 4.69) is 12.2 Å². The van der Waals surface area contributed by atoms with Gasteiger partial charge in [-0.25, -0.2) is 0 Å². The standard InChI is InChI=1S/C14H27NO2/c1-2-14(9-5-6-10-14)12-15-11-7-3-4-8-13(16)17/h15H,2-12H2,1H3,(H,16,17). The Morgan fingerprint density at radius 1 is 1.24 bits per heavy atom.